The fourth-order valence-corrected chi connectivity index (χ4v) is 2.48. The van der Waals surface area contributed by atoms with Crippen molar-refractivity contribution in [2.45, 2.75) is 13.2 Å². The van der Waals surface area contributed by atoms with Gasteiger partial charge in [0.25, 0.3) is 0 Å². The second-order valence-corrected chi connectivity index (χ2v) is 5.85. The smallest absolute Gasteiger partial charge is 0.235 e. The van der Waals surface area contributed by atoms with Gasteiger partial charge in [-0.25, -0.2) is 0 Å². The van der Waals surface area contributed by atoms with Crippen LogP contribution < -0.4 is 9.47 Å². The quantitative estimate of drug-likeness (QED) is 0.414. The van der Waals surface area contributed by atoms with Crippen LogP contribution in [-0.4, -0.2) is 4.92 Å². The predicted molar refractivity (Wildman–Crippen MR) is 104 cm³/mol. The molecule has 0 fully saturated rings. The van der Waals surface area contributed by atoms with E-state index in [2.05, 4.69) is 0 Å². The largest absolute Gasteiger partial charge is 0.489 e. The Kier molecular flexibility index (Phi) is 6.20. The molecular formula is C22H19NO4. The second-order valence-electron chi connectivity index (χ2n) is 5.85. The van der Waals surface area contributed by atoms with Gasteiger partial charge in [0.2, 0.25) is 6.20 Å². The minimum atomic E-state index is -0.499. The average molecular weight is 361 g/mol. The number of nitrogens with zero attached hydrogens (tertiary/aromatic N) is 1. The molecule has 0 amide bonds. The van der Waals surface area contributed by atoms with Crippen LogP contribution in [0.1, 0.15) is 16.7 Å². The fourth-order valence-electron chi connectivity index (χ4n) is 2.48. The summed E-state index contributed by atoms with van der Waals surface area (Å²) in [7, 11) is 0. The van der Waals surface area contributed by atoms with Crippen LogP contribution in [0.25, 0.3) is 6.08 Å². The summed E-state index contributed by atoms with van der Waals surface area (Å²) in [5, 5.41) is 10.6. The standard InChI is InChI=1S/C22H19NO4/c24-23(25)14-13-20-11-12-21(26-16-18-7-3-1-4-8-18)15-22(20)27-17-19-9-5-2-6-10-19/h1-15H,16-17H2/b14-13+. The molecule has 0 unspecified atom stereocenters. The van der Waals surface area contributed by atoms with Crippen LogP contribution in [0.3, 0.4) is 0 Å². The molecule has 0 spiro atoms. The molecule has 0 aliphatic heterocycles. The van der Waals surface area contributed by atoms with E-state index in [9.17, 15) is 10.1 Å². The highest BCUT2D eigenvalue weighted by molar-refractivity contribution is 5.58. The van der Waals surface area contributed by atoms with Crippen LogP contribution in [0, 0.1) is 10.1 Å². The SMILES string of the molecule is O=[N+]([O-])/C=C/c1ccc(OCc2ccccc2)cc1OCc1ccccc1. The van der Waals surface area contributed by atoms with E-state index in [0.29, 0.717) is 30.3 Å². The number of benzene rings is 3. The normalized spacial score (nSPS) is 10.7. The summed E-state index contributed by atoms with van der Waals surface area (Å²) in [5.41, 5.74) is 2.69. The van der Waals surface area contributed by atoms with Gasteiger partial charge >= 0.3 is 0 Å². The van der Waals surface area contributed by atoms with E-state index in [1.165, 1.54) is 6.08 Å². The highest BCUT2D eigenvalue weighted by Crippen LogP contribution is 2.27. The molecule has 0 N–H and O–H groups in total. The van der Waals surface area contributed by atoms with Crippen LogP contribution in [0.15, 0.2) is 85.1 Å². The Hall–Kier alpha value is -3.60. The Morgan fingerprint density at radius 1 is 0.815 bits per heavy atom. The third-order valence-corrected chi connectivity index (χ3v) is 3.85. The maximum Gasteiger partial charge on any atom is 0.235 e. The number of nitro groups is 1. The predicted octanol–water partition coefficient (Wildman–Crippen LogP) is 5.09. The summed E-state index contributed by atoms with van der Waals surface area (Å²) < 4.78 is 11.7. The summed E-state index contributed by atoms with van der Waals surface area (Å²) in [5.74, 6) is 1.17. The van der Waals surface area contributed by atoms with E-state index in [0.717, 1.165) is 17.3 Å². The molecule has 0 aliphatic carbocycles. The molecule has 0 bridgehead atoms. The van der Waals surface area contributed by atoms with Gasteiger partial charge in [0.15, 0.2) is 0 Å². The molecule has 0 aliphatic rings. The lowest BCUT2D eigenvalue weighted by Crippen LogP contribution is -1.99. The Morgan fingerprint density at radius 2 is 1.41 bits per heavy atom. The van der Waals surface area contributed by atoms with Gasteiger partial charge in [-0.05, 0) is 23.3 Å². The minimum absolute atomic E-state index is 0.363. The monoisotopic (exact) mass is 361 g/mol. The van der Waals surface area contributed by atoms with E-state index in [1.807, 2.05) is 60.7 Å². The van der Waals surface area contributed by atoms with Gasteiger partial charge in [0, 0.05) is 17.7 Å². The topological polar surface area (TPSA) is 61.6 Å². The Morgan fingerprint density at radius 3 is 2.00 bits per heavy atom. The Labute approximate surface area is 157 Å². The van der Waals surface area contributed by atoms with Gasteiger partial charge in [-0.3, -0.25) is 10.1 Å². The molecule has 0 aromatic heterocycles. The molecule has 3 aromatic rings. The van der Waals surface area contributed by atoms with Gasteiger partial charge in [-0.15, -0.1) is 0 Å². The van der Waals surface area contributed by atoms with E-state index in [1.54, 1.807) is 18.2 Å². The van der Waals surface area contributed by atoms with Crippen LogP contribution >= 0.6 is 0 Å². The molecule has 27 heavy (non-hydrogen) atoms. The third-order valence-electron chi connectivity index (χ3n) is 3.85. The first-order valence-electron chi connectivity index (χ1n) is 8.50. The van der Waals surface area contributed by atoms with Gasteiger partial charge in [0.05, 0.1) is 4.92 Å². The molecule has 5 nitrogen and oxygen atoms in total. The maximum atomic E-state index is 10.6. The molecule has 5 heteroatoms. The molecule has 0 radical (unpaired) electrons. The maximum absolute atomic E-state index is 10.6. The molecular weight excluding hydrogens is 342 g/mol. The van der Waals surface area contributed by atoms with Crippen molar-refractivity contribution in [3.63, 3.8) is 0 Å². The van der Waals surface area contributed by atoms with Crippen molar-refractivity contribution in [2.24, 2.45) is 0 Å². The van der Waals surface area contributed by atoms with Gasteiger partial charge in [-0.2, -0.15) is 0 Å². The highest BCUT2D eigenvalue weighted by Gasteiger charge is 2.07. The van der Waals surface area contributed by atoms with Crippen molar-refractivity contribution < 1.29 is 14.4 Å². The number of hydrogen-bond acceptors (Lipinski definition) is 4. The molecule has 0 atom stereocenters. The lowest BCUT2D eigenvalue weighted by atomic mass is 10.2. The van der Waals surface area contributed by atoms with E-state index in [4.69, 9.17) is 9.47 Å². The van der Waals surface area contributed by atoms with Crippen molar-refractivity contribution in [3.05, 3.63) is 112 Å². The van der Waals surface area contributed by atoms with Gasteiger partial charge in [0.1, 0.15) is 24.7 Å². The summed E-state index contributed by atoms with van der Waals surface area (Å²) in [6.45, 7) is 0.797. The molecule has 3 aromatic carbocycles. The van der Waals surface area contributed by atoms with Crippen LogP contribution in [0.4, 0.5) is 0 Å². The van der Waals surface area contributed by atoms with Crippen molar-refractivity contribution in [3.8, 4) is 11.5 Å². The first-order chi connectivity index (χ1) is 13.2. The third kappa shape index (κ3) is 5.71. The van der Waals surface area contributed by atoms with E-state index >= 15 is 0 Å². The zero-order valence-electron chi connectivity index (χ0n) is 14.7. The summed E-state index contributed by atoms with van der Waals surface area (Å²) in [6, 6.07) is 24.9. The lowest BCUT2D eigenvalue weighted by molar-refractivity contribution is -0.400. The molecule has 0 saturated heterocycles. The zero-order valence-corrected chi connectivity index (χ0v) is 14.7. The first kappa shape index (κ1) is 18.2. The zero-order chi connectivity index (χ0) is 18.9. The average Bonchev–Trinajstić information content (AvgIpc) is 2.71. The van der Waals surface area contributed by atoms with Gasteiger partial charge in [-0.1, -0.05) is 60.7 Å². The summed E-state index contributed by atoms with van der Waals surface area (Å²) >= 11 is 0. The number of hydrogen-bond donors (Lipinski definition) is 0. The van der Waals surface area contributed by atoms with Crippen LogP contribution in [-0.2, 0) is 13.2 Å². The van der Waals surface area contributed by atoms with Crippen molar-refractivity contribution in [1.82, 2.24) is 0 Å². The van der Waals surface area contributed by atoms with Crippen LogP contribution in [0.5, 0.6) is 11.5 Å². The molecule has 0 saturated carbocycles. The van der Waals surface area contributed by atoms with E-state index < -0.39 is 4.92 Å². The second kappa shape index (κ2) is 9.20. The van der Waals surface area contributed by atoms with E-state index in [-0.39, 0.29) is 0 Å². The summed E-state index contributed by atoms with van der Waals surface area (Å²) in [6.07, 6.45) is 2.32. The Bertz CT molecular complexity index is 908. The number of rotatable bonds is 8. The summed E-state index contributed by atoms with van der Waals surface area (Å²) in [4.78, 5) is 10.1. The highest BCUT2D eigenvalue weighted by atomic mass is 16.6. The Balaban J connectivity index is 1.76. The molecule has 136 valence electrons. The lowest BCUT2D eigenvalue weighted by Gasteiger charge is -2.12. The van der Waals surface area contributed by atoms with Crippen molar-refractivity contribution >= 4 is 6.08 Å². The molecule has 0 heterocycles. The molecule has 3 rings (SSSR count). The number of ether oxygens (including phenoxy) is 2. The van der Waals surface area contributed by atoms with Crippen molar-refractivity contribution in [2.75, 3.05) is 0 Å². The van der Waals surface area contributed by atoms with Crippen LogP contribution in [0.2, 0.25) is 0 Å². The minimum Gasteiger partial charge on any atom is -0.489 e. The fraction of sp³-hybridized carbons (Fsp3) is 0.0909. The first-order valence-corrected chi connectivity index (χ1v) is 8.50. The van der Waals surface area contributed by atoms with Crippen molar-refractivity contribution in [1.29, 1.82) is 0 Å². The van der Waals surface area contributed by atoms with Gasteiger partial charge < -0.3 is 9.47 Å².